The molecule has 3 aromatic rings. The summed E-state index contributed by atoms with van der Waals surface area (Å²) in [6, 6.07) is 14.3. The monoisotopic (exact) mass is 390 g/mol. The predicted octanol–water partition coefficient (Wildman–Crippen LogP) is 2.85. The molecular formula is C23H26N4O2. The van der Waals surface area contributed by atoms with Gasteiger partial charge in [-0.2, -0.15) is 0 Å². The Morgan fingerprint density at radius 3 is 2.72 bits per heavy atom. The fourth-order valence-corrected chi connectivity index (χ4v) is 4.61. The molecule has 150 valence electrons. The summed E-state index contributed by atoms with van der Waals surface area (Å²) in [6.07, 6.45) is 3.48. The summed E-state index contributed by atoms with van der Waals surface area (Å²) >= 11 is 0. The molecule has 0 atom stereocenters. The Labute approximate surface area is 170 Å². The third-order valence-electron chi connectivity index (χ3n) is 6.33. The summed E-state index contributed by atoms with van der Waals surface area (Å²) in [6.45, 7) is 1.88. The zero-order valence-electron chi connectivity index (χ0n) is 16.5. The summed E-state index contributed by atoms with van der Waals surface area (Å²) in [5.41, 5.74) is 10.7. The number of hydrogen-bond acceptors (Lipinski definition) is 4. The number of unbranched alkanes of at least 4 members (excludes halogenated alkanes) is 1. The molecule has 2 aromatic carbocycles. The molecule has 29 heavy (non-hydrogen) atoms. The lowest BCUT2D eigenvalue weighted by Crippen LogP contribution is -2.32. The lowest BCUT2D eigenvalue weighted by Gasteiger charge is -2.19. The number of aliphatic hydroxyl groups excluding tert-OH is 1. The van der Waals surface area contributed by atoms with Crippen LogP contribution < -0.4 is 10.6 Å². The first-order valence-electron chi connectivity index (χ1n) is 10.4. The van der Waals surface area contributed by atoms with Crippen molar-refractivity contribution in [1.82, 2.24) is 9.55 Å². The number of hydrogen-bond donors (Lipinski definition) is 2. The summed E-state index contributed by atoms with van der Waals surface area (Å²) in [7, 11) is 0. The van der Waals surface area contributed by atoms with Crippen LogP contribution in [-0.2, 0) is 29.8 Å². The van der Waals surface area contributed by atoms with E-state index in [2.05, 4.69) is 16.7 Å². The fourth-order valence-electron chi connectivity index (χ4n) is 4.61. The van der Waals surface area contributed by atoms with Gasteiger partial charge in [0.05, 0.1) is 23.0 Å². The Hall–Kier alpha value is -2.70. The summed E-state index contributed by atoms with van der Waals surface area (Å²) in [4.78, 5) is 20.1. The number of nitrogens with two attached hydrogens (primary N) is 1. The van der Waals surface area contributed by atoms with E-state index < -0.39 is 0 Å². The number of aryl methyl sites for hydroxylation is 1. The van der Waals surface area contributed by atoms with Gasteiger partial charge in [-0.1, -0.05) is 24.3 Å². The van der Waals surface area contributed by atoms with Gasteiger partial charge in [0.15, 0.2) is 0 Å². The van der Waals surface area contributed by atoms with Crippen molar-refractivity contribution in [2.75, 3.05) is 11.5 Å². The second-order valence-corrected chi connectivity index (χ2v) is 8.13. The van der Waals surface area contributed by atoms with Gasteiger partial charge in [-0.15, -0.1) is 0 Å². The summed E-state index contributed by atoms with van der Waals surface area (Å²) in [5.74, 6) is 1.09. The van der Waals surface area contributed by atoms with Gasteiger partial charge in [-0.25, -0.2) is 4.98 Å². The van der Waals surface area contributed by atoms with Crippen molar-refractivity contribution in [3.8, 4) is 0 Å². The smallest absolute Gasteiger partial charge is 0.238 e. The second-order valence-electron chi connectivity index (χ2n) is 8.13. The lowest BCUT2D eigenvalue weighted by atomic mass is 9.98. The Balaban J connectivity index is 1.54. The molecule has 1 aliphatic heterocycles. The Bertz CT molecular complexity index is 1080. The van der Waals surface area contributed by atoms with E-state index in [1.807, 2.05) is 35.2 Å². The average Bonchev–Trinajstić information content (AvgIpc) is 3.44. The maximum absolute atomic E-state index is 13.3. The molecule has 0 radical (unpaired) electrons. The number of carbonyl (C=O) groups excluding carboxylic acids is 1. The van der Waals surface area contributed by atoms with Crippen LogP contribution in [0.25, 0.3) is 11.0 Å². The zero-order valence-corrected chi connectivity index (χ0v) is 16.5. The van der Waals surface area contributed by atoms with Gasteiger partial charge in [-0.05, 0) is 55.0 Å². The Morgan fingerprint density at radius 1 is 1.14 bits per heavy atom. The van der Waals surface area contributed by atoms with Crippen molar-refractivity contribution in [3.63, 3.8) is 0 Å². The third-order valence-corrected chi connectivity index (χ3v) is 6.33. The van der Waals surface area contributed by atoms with Crippen LogP contribution in [0.15, 0.2) is 42.5 Å². The van der Waals surface area contributed by atoms with E-state index >= 15 is 0 Å². The highest BCUT2D eigenvalue weighted by Gasteiger charge is 2.59. The van der Waals surface area contributed by atoms with Crippen LogP contribution in [0.4, 0.5) is 5.69 Å². The molecule has 3 N–H and O–H groups in total. The second kappa shape index (κ2) is 6.97. The third kappa shape index (κ3) is 2.86. The fraction of sp³-hybridized carbons (Fsp3) is 0.391. The average molecular weight is 390 g/mol. The van der Waals surface area contributed by atoms with Crippen LogP contribution >= 0.6 is 0 Å². The molecule has 1 aliphatic carbocycles. The van der Waals surface area contributed by atoms with Gasteiger partial charge in [0.1, 0.15) is 5.82 Å². The van der Waals surface area contributed by atoms with E-state index in [-0.39, 0.29) is 17.9 Å². The molecule has 1 spiro atoms. The van der Waals surface area contributed by atoms with E-state index in [0.717, 1.165) is 60.3 Å². The van der Waals surface area contributed by atoms with Crippen molar-refractivity contribution in [2.45, 2.75) is 50.7 Å². The number of amides is 1. The first kappa shape index (κ1) is 18.3. The topological polar surface area (TPSA) is 84.4 Å². The molecule has 1 saturated carbocycles. The molecule has 1 aromatic heterocycles. The number of aliphatic hydroxyl groups is 1. The van der Waals surface area contributed by atoms with Gasteiger partial charge >= 0.3 is 0 Å². The van der Waals surface area contributed by atoms with Crippen LogP contribution in [0.2, 0.25) is 0 Å². The lowest BCUT2D eigenvalue weighted by molar-refractivity contribution is -0.120. The molecular weight excluding hydrogens is 364 g/mol. The predicted molar refractivity (Wildman–Crippen MR) is 112 cm³/mol. The largest absolute Gasteiger partial charge is 0.396 e. The molecule has 1 fully saturated rings. The zero-order chi connectivity index (χ0) is 20.0. The van der Waals surface area contributed by atoms with Crippen molar-refractivity contribution in [2.24, 2.45) is 5.73 Å². The van der Waals surface area contributed by atoms with Gasteiger partial charge in [0, 0.05) is 25.4 Å². The minimum atomic E-state index is -0.295. The SMILES string of the molecule is NCc1ccc2c(c1)nc(CN1C(=O)C3(CC3)c3ccccc31)n2CCCCO. The molecule has 2 heterocycles. The number of para-hydroxylation sites is 1. The number of rotatable bonds is 7. The highest BCUT2D eigenvalue weighted by molar-refractivity contribution is 6.10. The van der Waals surface area contributed by atoms with E-state index in [0.29, 0.717) is 13.1 Å². The molecule has 0 unspecified atom stereocenters. The van der Waals surface area contributed by atoms with Crippen LogP contribution in [0.5, 0.6) is 0 Å². The summed E-state index contributed by atoms with van der Waals surface area (Å²) < 4.78 is 2.19. The first-order valence-corrected chi connectivity index (χ1v) is 10.4. The number of anilines is 1. The Kier molecular flexibility index (Phi) is 4.41. The molecule has 0 bridgehead atoms. The number of fused-ring (bicyclic) bond motifs is 3. The molecule has 2 aliphatic rings. The summed E-state index contributed by atoms with van der Waals surface area (Å²) in [5, 5.41) is 9.19. The molecule has 1 amide bonds. The van der Waals surface area contributed by atoms with Crippen LogP contribution in [-0.4, -0.2) is 27.2 Å². The van der Waals surface area contributed by atoms with E-state index in [4.69, 9.17) is 10.7 Å². The number of nitrogens with zero attached hydrogens (tertiary/aromatic N) is 3. The minimum Gasteiger partial charge on any atom is -0.396 e. The van der Waals surface area contributed by atoms with E-state index in [9.17, 15) is 9.90 Å². The highest BCUT2D eigenvalue weighted by atomic mass is 16.3. The standard InChI is InChI=1S/C23H26N4O2/c24-14-16-7-8-20-18(13-16)25-21(26(20)11-3-4-12-28)15-27-19-6-2-1-5-17(19)23(9-10-23)22(27)29/h1-2,5-8,13,28H,3-4,9-12,14-15,24H2. The van der Waals surface area contributed by atoms with Crippen LogP contribution in [0.3, 0.4) is 0 Å². The van der Waals surface area contributed by atoms with Crippen molar-refractivity contribution >= 4 is 22.6 Å². The highest BCUT2D eigenvalue weighted by Crippen LogP contribution is 2.57. The minimum absolute atomic E-state index is 0.180. The molecule has 0 saturated heterocycles. The first-order chi connectivity index (χ1) is 14.2. The van der Waals surface area contributed by atoms with Crippen molar-refractivity contribution in [1.29, 1.82) is 0 Å². The van der Waals surface area contributed by atoms with Gasteiger partial charge in [-0.3, -0.25) is 4.79 Å². The molecule has 6 heteroatoms. The number of carbonyl (C=O) groups is 1. The molecule has 6 nitrogen and oxygen atoms in total. The maximum Gasteiger partial charge on any atom is 0.238 e. The van der Waals surface area contributed by atoms with Gasteiger partial charge in [0.25, 0.3) is 0 Å². The maximum atomic E-state index is 13.3. The quantitative estimate of drug-likeness (QED) is 0.608. The van der Waals surface area contributed by atoms with Crippen molar-refractivity contribution in [3.05, 3.63) is 59.4 Å². The van der Waals surface area contributed by atoms with Crippen LogP contribution in [0, 0.1) is 0 Å². The van der Waals surface area contributed by atoms with E-state index in [1.165, 1.54) is 5.56 Å². The molecule has 5 rings (SSSR count). The number of benzene rings is 2. The van der Waals surface area contributed by atoms with E-state index in [1.54, 1.807) is 0 Å². The normalized spacial score (nSPS) is 16.8. The van der Waals surface area contributed by atoms with Crippen molar-refractivity contribution < 1.29 is 9.90 Å². The van der Waals surface area contributed by atoms with Gasteiger partial charge in [0.2, 0.25) is 5.91 Å². The number of imidazole rings is 1. The number of aromatic nitrogens is 2. The Morgan fingerprint density at radius 2 is 1.97 bits per heavy atom. The van der Waals surface area contributed by atoms with Crippen LogP contribution in [0.1, 0.15) is 42.6 Å². The van der Waals surface area contributed by atoms with Gasteiger partial charge < -0.3 is 20.3 Å².